The zero-order valence-corrected chi connectivity index (χ0v) is 17.9. The Morgan fingerprint density at radius 1 is 0.833 bits per heavy atom. The SMILES string of the molecule is Cc1nc2ccccc2nc1CN1CCCC(N2CCN(c3ccccc3)CC2)C1. The third-order valence-electron chi connectivity index (χ3n) is 6.65. The molecule has 1 aromatic heterocycles. The predicted octanol–water partition coefficient (Wildman–Crippen LogP) is 3.72. The molecule has 1 unspecified atom stereocenters. The average molecular weight is 402 g/mol. The van der Waals surface area contributed by atoms with Gasteiger partial charge in [0, 0.05) is 51.0 Å². The molecular formula is C25H31N5. The van der Waals surface area contributed by atoms with Crippen molar-refractivity contribution in [2.45, 2.75) is 32.4 Å². The molecule has 0 spiro atoms. The van der Waals surface area contributed by atoms with Crippen LogP contribution in [0.15, 0.2) is 54.6 Å². The summed E-state index contributed by atoms with van der Waals surface area (Å²) >= 11 is 0. The van der Waals surface area contributed by atoms with E-state index in [0.717, 1.165) is 68.2 Å². The summed E-state index contributed by atoms with van der Waals surface area (Å²) in [6, 6.07) is 19.7. The molecule has 5 heteroatoms. The van der Waals surface area contributed by atoms with Gasteiger partial charge in [0.25, 0.3) is 0 Å². The fourth-order valence-electron chi connectivity index (χ4n) is 4.94. The van der Waals surface area contributed by atoms with E-state index in [-0.39, 0.29) is 0 Å². The molecule has 5 rings (SSSR count). The fourth-order valence-corrected chi connectivity index (χ4v) is 4.94. The minimum absolute atomic E-state index is 0.658. The van der Waals surface area contributed by atoms with Gasteiger partial charge in [-0.05, 0) is 50.6 Å². The first-order valence-electron chi connectivity index (χ1n) is 11.2. The minimum Gasteiger partial charge on any atom is -0.369 e. The normalized spacial score (nSPS) is 21.2. The summed E-state index contributed by atoms with van der Waals surface area (Å²) in [5.41, 5.74) is 5.54. The van der Waals surface area contributed by atoms with Gasteiger partial charge in [-0.15, -0.1) is 0 Å². The quantitative estimate of drug-likeness (QED) is 0.666. The van der Waals surface area contributed by atoms with Crippen molar-refractivity contribution in [2.75, 3.05) is 44.2 Å². The standard InChI is InChI=1S/C25H31N5/c1-20-25(27-24-12-6-5-11-23(24)26-20)19-28-13-7-10-22(18-28)30-16-14-29(15-17-30)21-8-3-2-4-9-21/h2-6,8-9,11-12,22H,7,10,13-19H2,1H3. The zero-order chi connectivity index (χ0) is 20.3. The maximum atomic E-state index is 4.93. The Bertz CT molecular complexity index is 981. The highest BCUT2D eigenvalue weighted by molar-refractivity contribution is 5.74. The first kappa shape index (κ1) is 19.5. The molecule has 2 aromatic carbocycles. The Balaban J connectivity index is 1.21. The highest BCUT2D eigenvalue weighted by atomic mass is 15.3. The van der Waals surface area contributed by atoms with Gasteiger partial charge in [0.15, 0.2) is 0 Å². The largest absolute Gasteiger partial charge is 0.369 e. The second-order valence-corrected chi connectivity index (χ2v) is 8.63. The number of para-hydroxylation sites is 3. The Kier molecular flexibility index (Phi) is 5.65. The summed E-state index contributed by atoms with van der Waals surface area (Å²) in [4.78, 5) is 17.5. The van der Waals surface area contributed by atoms with Crippen LogP contribution in [-0.2, 0) is 6.54 Å². The molecule has 3 aromatic rings. The summed E-state index contributed by atoms with van der Waals surface area (Å²) in [7, 11) is 0. The van der Waals surface area contributed by atoms with Gasteiger partial charge in [0.05, 0.1) is 22.4 Å². The molecule has 3 heterocycles. The van der Waals surface area contributed by atoms with Crippen LogP contribution < -0.4 is 4.90 Å². The van der Waals surface area contributed by atoms with E-state index < -0.39 is 0 Å². The van der Waals surface area contributed by atoms with E-state index in [1.54, 1.807) is 0 Å². The number of piperazine rings is 1. The number of hydrogen-bond donors (Lipinski definition) is 0. The number of piperidine rings is 1. The van der Waals surface area contributed by atoms with E-state index in [1.807, 2.05) is 18.2 Å². The van der Waals surface area contributed by atoms with Crippen molar-refractivity contribution in [1.82, 2.24) is 19.8 Å². The maximum Gasteiger partial charge on any atom is 0.0890 e. The van der Waals surface area contributed by atoms with Crippen molar-refractivity contribution < 1.29 is 0 Å². The monoisotopic (exact) mass is 401 g/mol. The molecule has 0 radical (unpaired) electrons. The summed E-state index contributed by atoms with van der Waals surface area (Å²) in [5, 5.41) is 0. The highest BCUT2D eigenvalue weighted by Crippen LogP contribution is 2.22. The van der Waals surface area contributed by atoms with Gasteiger partial charge in [-0.1, -0.05) is 30.3 Å². The molecule has 0 amide bonds. The Hall–Kier alpha value is -2.50. The number of benzene rings is 2. The smallest absolute Gasteiger partial charge is 0.0890 e. The molecule has 2 aliphatic rings. The summed E-state index contributed by atoms with van der Waals surface area (Å²) in [6.07, 6.45) is 2.58. The number of rotatable bonds is 4. The summed E-state index contributed by atoms with van der Waals surface area (Å²) in [6.45, 7) is 9.85. The average Bonchev–Trinajstić information content (AvgIpc) is 2.80. The van der Waals surface area contributed by atoms with Crippen LogP contribution in [0.5, 0.6) is 0 Å². The van der Waals surface area contributed by atoms with Gasteiger partial charge in [0.2, 0.25) is 0 Å². The molecule has 30 heavy (non-hydrogen) atoms. The van der Waals surface area contributed by atoms with Crippen LogP contribution in [0.1, 0.15) is 24.2 Å². The first-order chi connectivity index (χ1) is 14.8. The lowest BCUT2D eigenvalue weighted by atomic mass is 10.0. The van der Waals surface area contributed by atoms with Crippen molar-refractivity contribution >= 4 is 16.7 Å². The van der Waals surface area contributed by atoms with Gasteiger partial charge in [-0.3, -0.25) is 9.80 Å². The van der Waals surface area contributed by atoms with Crippen LogP contribution in [0.25, 0.3) is 11.0 Å². The van der Waals surface area contributed by atoms with Crippen LogP contribution >= 0.6 is 0 Å². The van der Waals surface area contributed by atoms with Crippen molar-refractivity contribution in [2.24, 2.45) is 0 Å². The zero-order valence-electron chi connectivity index (χ0n) is 17.9. The van der Waals surface area contributed by atoms with Crippen molar-refractivity contribution in [3.8, 4) is 0 Å². The number of anilines is 1. The van der Waals surface area contributed by atoms with Gasteiger partial charge in [-0.25, -0.2) is 9.97 Å². The van der Waals surface area contributed by atoms with Crippen molar-refractivity contribution in [3.05, 3.63) is 66.0 Å². The van der Waals surface area contributed by atoms with Crippen LogP contribution in [0.2, 0.25) is 0 Å². The molecule has 0 N–H and O–H groups in total. The highest BCUT2D eigenvalue weighted by Gasteiger charge is 2.28. The van der Waals surface area contributed by atoms with E-state index in [4.69, 9.17) is 9.97 Å². The molecule has 1 atom stereocenters. The molecule has 2 saturated heterocycles. The minimum atomic E-state index is 0.658. The first-order valence-corrected chi connectivity index (χ1v) is 11.2. The molecule has 5 nitrogen and oxygen atoms in total. The van der Waals surface area contributed by atoms with E-state index in [2.05, 4.69) is 58.0 Å². The second kappa shape index (κ2) is 8.70. The maximum absolute atomic E-state index is 4.93. The van der Waals surface area contributed by atoms with E-state index in [0.29, 0.717) is 6.04 Å². The lowest BCUT2D eigenvalue weighted by Crippen LogP contribution is -2.55. The van der Waals surface area contributed by atoms with Crippen LogP contribution in [-0.4, -0.2) is 65.1 Å². The predicted molar refractivity (Wildman–Crippen MR) is 123 cm³/mol. The van der Waals surface area contributed by atoms with Gasteiger partial charge >= 0.3 is 0 Å². The van der Waals surface area contributed by atoms with Gasteiger partial charge in [-0.2, -0.15) is 0 Å². The van der Waals surface area contributed by atoms with E-state index >= 15 is 0 Å². The molecule has 156 valence electrons. The van der Waals surface area contributed by atoms with E-state index in [9.17, 15) is 0 Å². The molecular weight excluding hydrogens is 370 g/mol. The number of hydrogen-bond acceptors (Lipinski definition) is 5. The fraction of sp³-hybridized carbons (Fsp3) is 0.440. The van der Waals surface area contributed by atoms with Gasteiger partial charge < -0.3 is 4.90 Å². The Morgan fingerprint density at radius 3 is 2.30 bits per heavy atom. The van der Waals surface area contributed by atoms with Crippen LogP contribution in [0.4, 0.5) is 5.69 Å². The third-order valence-corrected chi connectivity index (χ3v) is 6.65. The van der Waals surface area contributed by atoms with Gasteiger partial charge in [0.1, 0.15) is 0 Å². The number of fused-ring (bicyclic) bond motifs is 1. The topological polar surface area (TPSA) is 35.5 Å². The lowest BCUT2D eigenvalue weighted by Gasteiger charge is -2.44. The third kappa shape index (κ3) is 4.18. The molecule has 2 aliphatic heterocycles. The summed E-state index contributed by atoms with van der Waals surface area (Å²) < 4.78 is 0. The van der Waals surface area contributed by atoms with E-state index in [1.165, 1.54) is 18.5 Å². The second-order valence-electron chi connectivity index (χ2n) is 8.63. The molecule has 0 saturated carbocycles. The number of aryl methyl sites for hydroxylation is 1. The van der Waals surface area contributed by atoms with Crippen LogP contribution in [0.3, 0.4) is 0 Å². The summed E-state index contributed by atoms with van der Waals surface area (Å²) in [5.74, 6) is 0. The molecule has 0 aliphatic carbocycles. The lowest BCUT2D eigenvalue weighted by molar-refractivity contribution is 0.0880. The number of aromatic nitrogens is 2. The number of nitrogens with zero attached hydrogens (tertiary/aromatic N) is 5. The van der Waals surface area contributed by atoms with Crippen molar-refractivity contribution in [3.63, 3.8) is 0 Å². The molecule has 0 bridgehead atoms. The Labute approximate surface area is 179 Å². The van der Waals surface area contributed by atoms with Crippen molar-refractivity contribution in [1.29, 1.82) is 0 Å². The Morgan fingerprint density at radius 2 is 1.53 bits per heavy atom. The van der Waals surface area contributed by atoms with Crippen LogP contribution in [0, 0.1) is 6.92 Å². The molecule has 2 fully saturated rings. The number of likely N-dealkylation sites (tertiary alicyclic amines) is 1.